The summed E-state index contributed by atoms with van der Waals surface area (Å²) in [5.74, 6) is 0.954. The Labute approximate surface area is 140 Å². The molecule has 1 N–H and O–H groups in total. The molecular formula is C19H20N4O. The molecule has 0 unspecified atom stereocenters. The molecule has 0 bridgehead atoms. The molecule has 0 fully saturated rings. The van der Waals surface area contributed by atoms with E-state index in [2.05, 4.69) is 23.3 Å². The lowest BCUT2D eigenvalue weighted by Crippen LogP contribution is -2.39. The van der Waals surface area contributed by atoms with E-state index in [9.17, 15) is 4.79 Å². The van der Waals surface area contributed by atoms with Crippen LogP contribution in [-0.2, 0) is 13.5 Å². The lowest BCUT2D eigenvalue weighted by molar-refractivity contribution is 0.256. The topological polar surface area (TPSA) is 50.2 Å². The maximum absolute atomic E-state index is 12.8. The Morgan fingerprint density at radius 1 is 1.25 bits per heavy atom. The van der Waals surface area contributed by atoms with Crippen molar-refractivity contribution in [1.82, 2.24) is 9.55 Å². The Kier molecular flexibility index (Phi) is 3.30. The molecule has 0 radical (unpaired) electrons. The molecule has 2 amide bonds. The maximum Gasteiger partial charge on any atom is 0.326 e. The molecule has 3 aromatic rings. The average Bonchev–Trinajstić information content (AvgIpc) is 3.03. The fourth-order valence-electron chi connectivity index (χ4n) is 3.46. The highest BCUT2D eigenvalue weighted by Gasteiger charge is 2.30. The Morgan fingerprint density at radius 3 is 2.88 bits per heavy atom. The summed E-state index contributed by atoms with van der Waals surface area (Å²) in [7, 11) is 1.99. The van der Waals surface area contributed by atoms with E-state index in [1.54, 1.807) is 0 Å². The highest BCUT2D eigenvalue weighted by atomic mass is 16.2. The first-order valence-corrected chi connectivity index (χ1v) is 8.16. The quantitative estimate of drug-likeness (QED) is 0.740. The fourth-order valence-corrected chi connectivity index (χ4v) is 3.46. The number of rotatable bonds is 1. The zero-order chi connectivity index (χ0) is 16.8. The molecule has 2 heterocycles. The summed E-state index contributed by atoms with van der Waals surface area (Å²) in [6.07, 6.45) is 0.891. The summed E-state index contributed by atoms with van der Waals surface area (Å²) in [5, 5.41) is 3.01. The highest BCUT2D eigenvalue weighted by Crippen LogP contribution is 2.32. The lowest BCUT2D eigenvalue weighted by atomic mass is 10.1. The normalized spacial score (nSPS) is 16.5. The van der Waals surface area contributed by atoms with Crippen LogP contribution in [-0.4, -0.2) is 21.6 Å². The summed E-state index contributed by atoms with van der Waals surface area (Å²) >= 11 is 0. The van der Waals surface area contributed by atoms with Gasteiger partial charge in [-0.25, -0.2) is 9.78 Å². The summed E-state index contributed by atoms with van der Waals surface area (Å²) in [6, 6.07) is 14.0. The van der Waals surface area contributed by atoms with Crippen LogP contribution < -0.4 is 10.2 Å². The molecule has 4 rings (SSSR count). The number of imidazole rings is 1. The van der Waals surface area contributed by atoms with Crippen molar-refractivity contribution < 1.29 is 4.79 Å². The monoisotopic (exact) mass is 320 g/mol. The molecule has 24 heavy (non-hydrogen) atoms. The van der Waals surface area contributed by atoms with Gasteiger partial charge in [-0.2, -0.15) is 0 Å². The van der Waals surface area contributed by atoms with Gasteiger partial charge < -0.3 is 9.88 Å². The fraction of sp³-hybridized carbons (Fsp3) is 0.263. The van der Waals surface area contributed by atoms with Crippen LogP contribution in [0.3, 0.4) is 0 Å². The van der Waals surface area contributed by atoms with E-state index in [1.807, 2.05) is 59.8 Å². The number of hydrogen-bond acceptors (Lipinski definition) is 2. The summed E-state index contributed by atoms with van der Waals surface area (Å²) < 4.78 is 2.04. The smallest absolute Gasteiger partial charge is 0.326 e. The van der Waals surface area contributed by atoms with Crippen molar-refractivity contribution in [3.8, 4) is 0 Å². The van der Waals surface area contributed by atoms with Crippen LogP contribution in [0.25, 0.3) is 11.0 Å². The van der Waals surface area contributed by atoms with Gasteiger partial charge in [0.1, 0.15) is 5.82 Å². The van der Waals surface area contributed by atoms with Crippen LogP contribution in [0.2, 0.25) is 0 Å². The Balaban J connectivity index is 1.62. The van der Waals surface area contributed by atoms with E-state index in [0.29, 0.717) is 0 Å². The van der Waals surface area contributed by atoms with Crippen LogP contribution >= 0.6 is 0 Å². The highest BCUT2D eigenvalue weighted by molar-refractivity contribution is 6.04. The number of benzene rings is 2. The molecule has 0 spiro atoms. The van der Waals surface area contributed by atoms with E-state index in [-0.39, 0.29) is 12.1 Å². The van der Waals surface area contributed by atoms with Crippen molar-refractivity contribution in [2.45, 2.75) is 26.3 Å². The molecule has 0 saturated heterocycles. The standard InChI is InChI=1S/C19H20N4O/c1-12-10-14-6-4-5-7-17(14)23(12)19(24)21-15-8-9-18-16(11-15)20-13(2)22(18)3/h4-9,11-12H,10H2,1-3H3,(H,21,24)/t12-/m1/s1. The van der Waals surface area contributed by atoms with Crippen LogP contribution in [0.1, 0.15) is 18.3 Å². The van der Waals surface area contributed by atoms with E-state index in [4.69, 9.17) is 0 Å². The van der Waals surface area contributed by atoms with Gasteiger partial charge in [-0.05, 0) is 50.1 Å². The number of aryl methyl sites for hydroxylation is 2. The summed E-state index contributed by atoms with van der Waals surface area (Å²) in [4.78, 5) is 19.1. The maximum atomic E-state index is 12.8. The summed E-state index contributed by atoms with van der Waals surface area (Å²) in [5.41, 5.74) is 4.93. The van der Waals surface area contributed by atoms with Crippen LogP contribution in [0.15, 0.2) is 42.5 Å². The number of nitrogens with one attached hydrogen (secondary N) is 1. The predicted molar refractivity (Wildman–Crippen MR) is 96.6 cm³/mol. The van der Waals surface area contributed by atoms with Crippen molar-refractivity contribution in [2.24, 2.45) is 7.05 Å². The Bertz CT molecular complexity index is 944. The molecule has 1 aliphatic heterocycles. The van der Waals surface area contributed by atoms with Crippen molar-refractivity contribution in [3.05, 3.63) is 53.9 Å². The minimum Gasteiger partial charge on any atom is -0.331 e. The van der Waals surface area contributed by atoms with Crippen LogP contribution in [0.4, 0.5) is 16.2 Å². The van der Waals surface area contributed by atoms with Gasteiger partial charge in [0.2, 0.25) is 0 Å². The second kappa shape index (κ2) is 5.37. The number of carbonyl (C=O) groups excluding carboxylic acids is 1. The van der Waals surface area contributed by atoms with E-state index in [0.717, 1.165) is 34.7 Å². The van der Waals surface area contributed by atoms with Gasteiger partial charge in [0.25, 0.3) is 0 Å². The number of nitrogens with zero attached hydrogens (tertiary/aromatic N) is 3. The lowest BCUT2D eigenvalue weighted by Gasteiger charge is -2.23. The van der Waals surface area contributed by atoms with Gasteiger partial charge >= 0.3 is 6.03 Å². The van der Waals surface area contributed by atoms with Gasteiger partial charge in [-0.1, -0.05) is 18.2 Å². The first-order chi connectivity index (χ1) is 11.5. The zero-order valence-corrected chi connectivity index (χ0v) is 14.1. The number of urea groups is 1. The Morgan fingerprint density at radius 2 is 2.04 bits per heavy atom. The number of fused-ring (bicyclic) bond motifs is 2. The third-order valence-corrected chi connectivity index (χ3v) is 4.78. The average molecular weight is 320 g/mol. The molecule has 0 saturated carbocycles. The number of aromatic nitrogens is 2. The van der Waals surface area contributed by atoms with Crippen molar-refractivity contribution >= 4 is 28.4 Å². The third-order valence-electron chi connectivity index (χ3n) is 4.78. The zero-order valence-electron chi connectivity index (χ0n) is 14.1. The predicted octanol–water partition coefficient (Wildman–Crippen LogP) is 3.86. The SMILES string of the molecule is Cc1nc2cc(NC(=O)N3c4ccccc4C[C@H]3C)ccc2n1C. The minimum absolute atomic E-state index is 0.0977. The molecule has 5 heteroatoms. The van der Waals surface area contributed by atoms with Crippen LogP contribution in [0, 0.1) is 6.92 Å². The molecule has 1 atom stereocenters. The number of amides is 2. The van der Waals surface area contributed by atoms with Crippen LogP contribution in [0.5, 0.6) is 0 Å². The molecule has 0 aliphatic carbocycles. The number of hydrogen-bond donors (Lipinski definition) is 1. The first-order valence-electron chi connectivity index (χ1n) is 8.16. The van der Waals surface area contributed by atoms with Crippen molar-refractivity contribution in [2.75, 3.05) is 10.2 Å². The number of para-hydroxylation sites is 1. The number of anilines is 2. The largest absolute Gasteiger partial charge is 0.331 e. The Hall–Kier alpha value is -2.82. The molecule has 122 valence electrons. The van der Waals surface area contributed by atoms with E-state index >= 15 is 0 Å². The number of carbonyl (C=O) groups is 1. The van der Waals surface area contributed by atoms with E-state index < -0.39 is 0 Å². The van der Waals surface area contributed by atoms with Gasteiger partial charge in [-0.3, -0.25) is 4.90 Å². The second-order valence-electron chi connectivity index (χ2n) is 6.40. The molecule has 1 aromatic heterocycles. The van der Waals surface area contributed by atoms with Gasteiger partial charge in [0.05, 0.1) is 11.0 Å². The van der Waals surface area contributed by atoms with Gasteiger partial charge in [-0.15, -0.1) is 0 Å². The molecule has 1 aliphatic rings. The van der Waals surface area contributed by atoms with E-state index in [1.165, 1.54) is 5.56 Å². The molecular weight excluding hydrogens is 300 g/mol. The first kappa shape index (κ1) is 14.8. The van der Waals surface area contributed by atoms with Gasteiger partial charge in [0.15, 0.2) is 0 Å². The van der Waals surface area contributed by atoms with Crippen molar-refractivity contribution in [1.29, 1.82) is 0 Å². The minimum atomic E-state index is -0.0977. The second-order valence-corrected chi connectivity index (χ2v) is 6.40. The molecule has 2 aromatic carbocycles. The van der Waals surface area contributed by atoms with Crippen molar-refractivity contribution in [3.63, 3.8) is 0 Å². The molecule has 5 nitrogen and oxygen atoms in total. The summed E-state index contributed by atoms with van der Waals surface area (Å²) in [6.45, 7) is 4.05. The third kappa shape index (κ3) is 2.24. The van der Waals surface area contributed by atoms with Gasteiger partial charge in [0, 0.05) is 24.5 Å².